The Balaban J connectivity index is 1.36. The number of likely N-dealkylation sites (tertiary alicyclic amines) is 1. The lowest BCUT2D eigenvalue weighted by Crippen LogP contribution is -2.38. The molecule has 1 atom stereocenters. The van der Waals surface area contributed by atoms with E-state index in [-0.39, 0.29) is 11.2 Å². The van der Waals surface area contributed by atoms with Crippen LogP contribution in [0, 0.1) is 0 Å². The maximum absolute atomic E-state index is 13.0. The summed E-state index contributed by atoms with van der Waals surface area (Å²) in [5.41, 5.74) is 1.82. The lowest BCUT2D eigenvalue weighted by Gasteiger charge is -2.17. The number of hydrogen-bond acceptors (Lipinski definition) is 6. The summed E-state index contributed by atoms with van der Waals surface area (Å²) in [6.07, 6.45) is 2.70. The van der Waals surface area contributed by atoms with Crippen molar-refractivity contribution in [3.8, 4) is 5.75 Å². The normalized spacial score (nSPS) is 17.2. The van der Waals surface area contributed by atoms with Gasteiger partial charge in [-0.25, -0.2) is 4.79 Å². The van der Waals surface area contributed by atoms with Gasteiger partial charge in [0.2, 0.25) is 0 Å². The summed E-state index contributed by atoms with van der Waals surface area (Å²) in [6.45, 7) is 2.85. The predicted molar refractivity (Wildman–Crippen MR) is 119 cm³/mol. The molecule has 1 aliphatic rings. The number of thiophene rings is 1. The summed E-state index contributed by atoms with van der Waals surface area (Å²) in [5, 5.41) is 0. The number of benzene rings is 1. The number of aromatic amines is 1. The van der Waals surface area contributed by atoms with Crippen LogP contribution >= 0.6 is 11.3 Å². The molecule has 5 rings (SSSR count). The van der Waals surface area contributed by atoms with Gasteiger partial charge >= 0.3 is 5.69 Å². The van der Waals surface area contributed by atoms with Gasteiger partial charge in [0, 0.05) is 31.7 Å². The average Bonchev–Trinajstić information content (AvgIpc) is 3.39. The van der Waals surface area contributed by atoms with Gasteiger partial charge in [0.15, 0.2) is 0 Å². The fourth-order valence-corrected chi connectivity index (χ4v) is 5.39. The zero-order chi connectivity index (χ0) is 20.7. The van der Waals surface area contributed by atoms with Crippen LogP contribution in [-0.4, -0.2) is 46.2 Å². The highest BCUT2D eigenvalue weighted by atomic mass is 32.1. The first-order chi connectivity index (χ1) is 14.7. The van der Waals surface area contributed by atoms with Crippen molar-refractivity contribution in [1.82, 2.24) is 19.4 Å². The van der Waals surface area contributed by atoms with Crippen LogP contribution in [0.15, 0.2) is 52.2 Å². The number of para-hydroxylation sites is 1. The van der Waals surface area contributed by atoms with Gasteiger partial charge < -0.3 is 14.6 Å². The lowest BCUT2D eigenvalue weighted by atomic mass is 9.97. The van der Waals surface area contributed by atoms with E-state index in [1.807, 2.05) is 30.3 Å². The summed E-state index contributed by atoms with van der Waals surface area (Å²) in [4.78, 5) is 35.1. The van der Waals surface area contributed by atoms with E-state index < -0.39 is 0 Å². The summed E-state index contributed by atoms with van der Waals surface area (Å²) in [6, 6.07) is 11.9. The van der Waals surface area contributed by atoms with E-state index in [1.54, 1.807) is 13.3 Å². The smallest absolute Gasteiger partial charge is 0.328 e. The van der Waals surface area contributed by atoms with Crippen LogP contribution in [0.4, 0.5) is 0 Å². The third-order valence-electron chi connectivity index (χ3n) is 5.85. The number of pyridine rings is 1. The monoisotopic (exact) mass is 422 g/mol. The van der Waals surface area contributed by atoms with Crippen molar-refractivity contribution < 1.29 is 4.74 Å². The molecule has 0 radical (unpaired) electrons. The fraction of sp³-hybridized carbons (Fsp3) is 0.318. The van der Waals surface area contributed by atoms with Gasteiger partial charge in [-0.3, -0.25) is 14.3 Å². The van der Waals surface area contributed by atoms with Gasteiger partial charge in [0.1, 0.15) is 16.0 Å². The van der Waals surface area contributed by atoms with Crippen molar-refractivity contribution in [2.45, 2.75) is 18.9 Å². The number of rotatable bonds is 5. The predicted octanol–water partition coefficient (Wildman–Crippen LogP) is 2.80. The summed E-state index contributed by atoms with van der Waals surface area (Å²) in [7, 11) is 1.70. The van der Waals surface area contributed by atoms with E-state index in [4.69, 9.17) is 4.74 Å². The van der Waals surface area contributed by atoms with Crippen LogP contribution in [-0.2, 0) is 6.54 Å². The molecule has 7 nitrogen and oxygen atoms in total. The molecule has 1 fully saturated rings. The topological polar surface area (TPSA) is 80.2 Å². The lowest BCUT2D eigenvalue weighted by molar-refractivity contribution is 0.313. The Labute approximate surface area is 176 Å². The molecule has 1 aromatic carbocycles. The number of hydrogen-bond donors (Lipinski definition) is 1. The molecule has 4 heterocycles. The first-order valence-corrected chi connectivity index (χ1v) is 10.8. The van der Waals surface area contributed by atoms with E-state index in [9.17, 15) is 9.59 Å². The van der Waals surface area contributed by atoms with Gasteiger partial charge in [-0.05, 0) is 36.7 Å². The van der Waals surface area contributed by atoms with Crippen LogP contribution in [0.25, 0.3) is 20.4 Å². The number of H-pyrrole nitrogens is 1. The molecule has 0 unspecified atom stereocenters. The van der Waals surface area contributed by atoms with Crippen molar-refractivity contribution in [1.29, 1.82) is 0 Å². The van der Waals surface area contributed by atoms with Crippen molar-refractivity contribution in [3.05, 3.63) is 69.0 Å². The van der Waals surface area contributed by atoms with E-state index in [1.165, 1.54) is 21.5 Å². The van der Waals surface area contributed by atoms with E-state index in [0.717, 1.165) is 30.0 Å². The molecule has 4 aromatic rings. The maximum atomic E-state index is 13.0. The van der Waals surface area contributed by atoms with Crippen LogP contribution < -0.4 is 16.0 Å². The molecule has 0 bridgehead atoms. The highest BCUT2D eigenvalue weighted by Gasteiger charge is 2.26. The minimum absolute atomic E-state index is 0.239. The van der Waals surface area contributed by atoms with Gasteiger partial charge in [-0.2, -0.15) is 0 Å². The van der Waals surface area contributed by atoms with Gasteiger partial charge in [-0.1, -0.05) is 18.2 Å². The minimum atomic E-state index is -0.377. The quantitative estimate of drug-likeness (QED) is 0.535. The Hall–Kier alpha value is -2.97. The van der Waals surface area contributed by atoms with Crippen LogP contribution in [0.1, 0.15) is 17.9 Å². The molecule has 1 N–H and O–H groups in total. The number of aromatic nitrogens is 3. The zero-order valence-electron chi connectivity index (χ0n) is 16.6. The van der Waals surface area contributed by atoms with Gasteiger partial charge in [-0.15, -0.1) is 11.3 Å². The molecule has 3 aromatic heterocycles. The number of nitrogens with one attached hydrogen (secondary N) is 1. The van der Waals surface area contributed by atoms with Crippen molar-refractivity contribution in [2.24, 2.45) is 0 Å². The number of fused-ring (bicyclic) bond motifs is 3. The first-order valence-electron chi connectivity index (χ1n) is 10.0. The summed E-state index contributed by atoms with van der Waals surface area (Å²) < 4.78 is 8.27. The Morgan fingerprint density at radius 1 is 1.20 bits per heavy atom. The standard InChI is InChI=1S/C22H22N4O3S/c1-29-16-6-3-2-5-15(16)14-8-10-25(13-14)11-12-26-21(27)20-19(24-22(26)28)18-17(30-20)7-4-9-23-18/h2-7,9,14H,8,10-13H2,1H3,(H,24,28)/t14-/m0/s1. The average molecular weight is 423 g/mol. The Bertz CT molecular complexity index is 1340. The second kappa shape index (κ2) is 7.70. The van der Waals surface area contributed by atoms with Crippen LogP contribution in [0.2, 0.25) is 0 Å². The number of methoxy groups -OCH3 is 1. The molecule has 0 amide bonds. The van der Waals surface area contributed by atoms with Crippen LogP contribution in [0.3, 0.4) is 0 Å². The zero-order valence-corrected chi connectivity index (χ0v) is 17.4. The molecule has 154 valence electrons. The second-order valence-electron chi connectivity index (χ2n) is 7.57. The van der Waals surface area contributed by atoms with Gasteiger partial charge in [0.25, 0.3) is 5.56 Å². The Morgan fingerprint density at radius 3 is 2.93 bits per heavy atom. The van der Waals surface area contributed by atoms with E-state index in [0.29, 0.717) is 34.7 Å². The molecule has 8 heteroatoms. The minimum Gasteiger partial charge on any atom is -0.496 e. The molecule has 0 saturated carbocycles. The molecule has 1 saturated heterocycles. The fourth-order valence-electron chi connectivity index (χ4n) is 4.32. The van der Waals surface area contributed by atoms with Crippen LogP contribution in [0.5, 0.6) is 5.75 Å². The van der Waals surface area contributed by atoms with Gasteiger partial charge in [0.05, 0.1) is 17.3 Å². The Morgan fingerprint density at radius 2 is 2.07 bits per heavy atom. The van der Waals surface area contributed by atoms with E-state index >= 15 is 0 Å². The molecular formula is C22H22N4O3S. The van der Waals surface area contributed by atoms with Crippen molar-refractivity contribution >= 4 is 31.8 Å². The second-order valence-corrected chi connectivity index (χ2v) is 8.62. The highest BCUT2D eigenvalue weighted by Crippen LogP contribution is 2.33. The molecule has 30 heavy (non-hydrogen) atoms. The summed E-state index contributed by atoms with van der Waals surface area (Å²) >= 11 is 1.38. The number of ether oxygens (including phenoxy) is 1. The Kier molecular flexibility index (Phi) is 4.88. The molecular weight excluding hydrogens is 400 g/mol. The molecule has 0 aliphatic carbocycles. The third-order valence-corrected chi connectivity index (χ3v) is 6.99. The largest absolute Gasteiger partial charge is 0.496 e. The summed E-state index contributed by atoms with van der Waals surface area (Å²) in [5.74, 6) is 1.31. The molecule has 1 aliphatic heterocycles. The van der Waals surface area contributed by atoms with Crippen molar-refractivity contribution in [3.63, 3.8) is 0 Å². The number of nitrogens with zero attached hydrogens (tertiary/aromatic N) is 3. The maximum Gasteiger partial charge on any atom is 0.328 e. The third kappa shape index (κ3) is 3.22. The van der Waals surface area contributed by atoms with E-state index in [2.05, 4.69) is 20.9 Å². The SMILES string of the molecule is COc1ccccc1[C@H]1CCN(CCn2c(=O)[nH]c3c(sc4cccnc43)c2=O)C1. The molecule has 0 spiro atoms. The first kappa shape index (κ1) is 19.0. The highest BCUT2D eigenvalue weighted by molar-refractivity contribution is 7.25. The van der Waals surface area contributed by atoms with Crippen molar-refractivity contribution in [2.75, 3.05) is 26.7 Å².